The van der Waals surface area contributed by atoms with Crippen molar-refractivity contribution in [2.45, 2.75) is 6.92 Å². The van der Waals surface area contributed by atoms with Crippen LogP contribution in [0.2, 0.25) is 5.15 Å². The second-order valence-electron chi connectivity index (χ2n) is 3.38. The number of carbonyl (C=O) groups excluding carboxylic acids is 1. The zero-order valence-electron chi connectivity index (χ0n) is 8.90. The highest BCUT2D eigenvalue weighted by Gasteiger charge is 2.13. The van der Waals surface area contributed by atoms with Gasteiger partial charge in [-0.2, -0.15) is 0 Å². The predicted molar refractivity (Wildman–Crippen MR) is 62.9 cm³/mol. The SMILES string of the molecule is Cc1cc(NC(=O)c2cc(Cl)ncc2N)on1. The summed E-state index contributed by atoms with van der Waals surface area (Å²) in [5, 5.41) is 6.35. The topological polar surface area (TPSA) is 94.0 Å². The van der Waals surface area contributed by atoms with Crippen molar-refractivity contribution in [1.29, 1.82) is 0 Å². The van der Waals surface area contributed by atoms with Gasteiger partial charge in [-0.15, -0.1) is 0 Å². The number of aryl methyl sites for hydroxylation is 1. The number of carbonyl (C=O) groups is 1. The zero-order chi connectivity index (χ0) is 12.4. The highest BCUT2D eigenvalue weighted by molar-refractivity contribution is 6.30. The summed E-state index contributed by atoms with van der Waals surface area (Å²) < 4.78 is 4.86. The van der Waals surface area contributed by atoms with Gasteiger partial charge in [0.25, 0.3) is 5.91 Å². The van der Waals surface area contributed by atoms with Crippen LogP contribution in [0, 0.1) is 6.92 Å². The summed E-state index contributed by atoms with van der Waals surface area (Å²) in [6.07, 6.45) is 1.32. The van der Waals surface area contributed by atoms with Crippen LogP contribution in [0.3, 0.4) is 0 Å². The van der Waals surface area contributed by atoms with Crippen molar-refractivity contribution in [3.63, 3.8) is 0 Å². The maximum Gasteiger partial charge on any atom is 0.260 e. The molecule has 2 aromatic rings. The molecule has 0 aliphatic rings. The van der Waals surface area contributed by atoms with Crippen LogP contribution >= 0.6 is 11.6 Å². The molecule has 7 heteroatoms. The molecule has 0 unspecified atom stereocenters. The van der Waals surface area contributed by atoms with Crippen LogP contribution in [-0.4, -0.2) is 16.0 Å². The predicted octanol–water partition coefficient (Wildman–Crippen LogP) is 1.87. The van der Waals surface area contributed by atoms with Crippen molar-refractivity contribution < 1.29 is 9.32 Å². The number of nitrogens with zero attached hydrogens (tertiary/aromatic N) is 2. The van der Waals surface area contributed by atoms with Gasteiger partial charge in [0.2, 0.25) is 5.88 Å². The molecule has 0 saturated carbocycles. The highest BCUT2D eigenvalue weighted by atomic mass is 35.5. The lowest BCUT2D eigenvalue weighted by Gasteiger charge is -2.04. The molecular formula is C10H9ClN4O2. The van der Waals surface area contributed by atoms with E-state index in [9.17, 15) is 4.79 Å². The van der Waals surface area contributed by atoms with Gasteiger partial charge in [0, 0.05) is 6.07 Å². The van der Waals surface area contributed by atoms with Crippen LogP contribution in [0.25, 0.3) is 0 Å². The van der Waals surface area contributed by atoms with Crippen LogP contribution in [0.5, 0.6) is 0 Å². The molecule has 17 heavy (non-hydrogen) atoms. The number of nitrogen functional groups attached to an aromatic ring is 1. The standard InChI is InChI=1S/C10H9ClN4O2/c1-5-2-9(17-15-5)14-10(16)6-3-8(11)13-4-7(6)12/h2-4H,12H2,1H3,(H,14,16). The summed E-state index contributed by atoms with van der Waals surface area (Å²) in [5.41, 5.74) is 6.76. The normalized spacial score (nSPS) is 10.2. The Hall–Kier alpha value is -2.08. The Morgan fingerprint density at radius 1 is 1.53 bits per heavy atom. The van der Waals surface area contributed by atoms with E-state index < -0.39 is 5.91 Å². The average Bonchev–Trinajstić information content (AvgIpc) is 2.67. The summed E-state index contributed by atoms with van der Waals surface area (Å²) >= 11 is 5.69. The van der Waals surface area contributed by atoms with Gasteiger partial charge in [-0.25, -0.2) is 4.98 Å². The lowest BCUT2D eigenvalue weighted by molar-refractivity contribution is 0.102. The molecule has 0 fully saturated rings. The van der Waals surface area contributed by atoms with E-state index in [0.29, 0.717) is 5.69 Å². The number of halogens is 1. The largest absolute Gasteiger partial charge is 0.397 e. The number of hydrogen-bond acceptors (Lipinski definition) is 5. The van der Waals surface area contributed by atoms with Crippen molar-refractivity contribution in [2.24, 2.45) is 0 Å². The first-order chi connectivity index (χ1) is 8.06. The number of anilines is 2. The van der Waals surface area contributed by atoms with Gasteiger partial charge < -0.3 is 10.3 Å². The molecule has 1 amide bonds. The van der Waals surface area contributed by atoms with Gasteiger partial charge in [-0.05, 0) is 13.0 Å². The minimum Gasteiger partial charge on any atom is -0.397 e. The van der Waals surface area contributed by atoms with Crippen LogP contribution < -0.4 is 11.1 Å². The van der Waals surface area contributed by atoms with E-state index in [0.717, 1.165) is 0 Å². The molecule has 2 heterocycles. The third-order valence-corrected chi connectivity index (χ3v) is 2.22. The van der Waals surface area contributed by atoms with E-state index in [1.54, 1.807) is 13.0 Å². The molecule has 2 rings (SSSR count). The summed E-state index contributed by atoms with van der Waals surface area (Å²) in [4.78, 5) is 15.6. The average molecular weight is 253 g/mol. The van der Waals surface area contributed by atoms with E-state index in [2.05, 4.69) is 15.5 Å². The fraction of sp³-hybridized carbons (Fsp3) is 0.100. The first kappa shape index (κ1) is 11.4. The molecule has 3 N–H and O–H groups in total. The third kappa shape index (κ3) is 2.54. The molecule has 0 aliphatic carbocycles. The Labute approximate surface area is 102 Å². The minimum atomic E-state index is -0.428. The molecular weight excluding hydrogens is 244 g/mol. The Morgan fingerprint density at radius 3 is 2.94 bits per heavy atom. The molecule has 0 aromatic carbocycles. The fourth-order valence-corrected chi connectivity index (χ4v) is 1.40. The lowest BCUT2D eigenvalue weighted by Crippen LogP contribution is -2.13. The van der Waals surface area contributed by atoms with Crippen molar-refractivity contribution in [1.82, 2.24) is 10.1 Å². The highest BCUT2D eigenvalue weighted by Crippen LogP contribution is 2.17. The molecule has 0 spiro atoms. The molecule has 0 radical (unpaired) electrons. The second kappa shape index (κ2) is 4.42. The maximum absolute atomic E-state index is 11.8. The van der Waals surface area contributed by atoms with Crippen LogP contribution in [-0.2, 0) is 0 Å². The van der Waals surface area contributed by atoms with E-state index in [1.165, 1.54) is 12.3 Å². The third-order valence-electron chi connectivity index (χ3n) is 2.01. The molecule has 6 nitrogen and oxygen atoms in total. The molecule has 0 bridgehead atoms. The first-order valence-electron chi connectivity index (χ1n) is 4.72. The number of pyridine rings is 1. The van der Waals surface area contributed by atoms with E-state index >= 15 is 0 Å². The van der Waals surface area contributed by atoms with E-state index in [1.807, 2.05) is 0 Å². The van der Waals surface area contributed by atoms with Crippen LogP contribution in [0.1, 0.15) is 16.1 Å². The number of aromatic nitrogens is 2. The van der Waals surface area contributed by atoms with Gasteiger partial charge >= 0.3 is 0 Å². The summed E-state index contributed by atoms with van der Waals surface area (Å²) in [6.45, 7) is 1.75. The van der Waals surface area contributed by atoms with Gasteiger partial charge in [0.15, 0.2) is 0 Å². The Bertz CT molecular complexity index is 567. The van der Waals surface area contributed by atoms with E-state index in [4.69, 9.17) is 21.9 Å². The van der Waals surface area contributed by atoms with Crippen molar-refractivity contribution in [2.75, 3.05) is 11.1 Å². The fourth-order valence-electron chi connectivity index (χ4n) is 1.24. The Kier molecular flexibility index (Phi) is 2.97. The molecule has 0 aliphatic heterocycles. The summed E-state index contributed by atoms with van der Waals surface area (Å²) in [7, 11) is 0. The Morgan fingerprint density at radius 2 is 2.29 bits per heavy atom. The van der Waals surface area contributed by atoms with Crippen molar-refractivity contribution in [3.05, 3.63) is 34.7 Å². The maximum atomic E-state index is 11.8. The molecule has 88 valence electrons. The second-order valence-corrected chi connectivity index (χ2v) is 3.77. The number of hydrogen-bond donors (Lipinski definition) is 2. The van der Waals surface area contributed by atoms with Crippen molar-refractivity contribution in [3.8, 4) is 0 Å². The number of nitrogens with one attached hydrogen (secondary N) is 1. The molecule has 2 aromatic heterocycles. The van der Waals surface area contributed by atoms with Gasteiger partial charge in [-0.1, -0.05) is 16.8 Å². The summed E-state index contributed by atoms with van der Waals surface area (Å²) in [6, 6.07) is 2.98. The first-order valence-corrected chi connectivity index (χ1v) is 5.10. The number of amides is 1. The van der Waals surface area contributed by atoms with Crippen LogP contribution in [0.15, 0.2) is 22.9 Å². The van der Waals surface area contributed by atoms with Gasteiger partial charge in [0.05, 0.1) is 23.1 Å². The number of nitrogens with two attached hydrogens (primary N) is 1. The smallest absolute Gasteiger partial charge is 0.260 e. The van der Waals surface area contributed by atoms with Crippen molar-refractivity contribution >= 4 is 29.1 Å². The van der Waals surface area contributed by atoms with Gasteiger partial charge in [0.1, 0.15) is 5.15 Å². The van der Waals surface area contributed by atoms with Crippen LogP contribution in [0.4, 0.5) is 11.6 Å². The lowest BCUT2D eigenvalue weighted by atomic mass is 10.2. The van der Waals surface area contributed by atoms with Gasteiger partial charge in [-0.3, -0.25) is 10.1 Å². The minimum absolute atomic E-state index is 0.193. The Balaban J connectivity index is 2.22. The number of rotatable bonds is 2. The zero-order valence-corrected chi connectivity index (χ0v) is 9.65. The summed E-state index contributed by atoms with van der Waals surface area (Å²) in [5.74, 6) is -0.178. The molecule has 0 atom stereocenters. The van der Waals surface area contributed by atoms with E-state index in [-0.39, 0.29) is 22.3 Å². The monoisotopic (exact) mass is 252 g/mol. The quantitative estimate of drug-likeness (QED) is 0.796. The molecule has 0 saturated heterocycles.